The van der Waals surface area contributed by atoms with E-state index in [1.54, 1.807) is 17.1 Å². The molecule has 0 bridgehead atoms. The van der Waals surface area contributed by atoms with Crippen LogP contribution in [-0.4, -0.2) is 32.7 Å². The van der Waals surface area contributed by atoms with Gasteiger partial charge in [-0.15, -0.1) is 5.10 Å². The molecule has 2 unspecified atom stereocenters. The van der Waals surface area contributed by atoms with E-state index in [9.17, 15) is 9.50 Å². The van der Waals surface area contributed by atoms with E-state index < -0.39 is 6.10 Å². The van der Waals surface area contributed by atoms with E-state index in [1.165, 1.54) is 37.8 Å². The number of nitrogens with one attached hydrogen (secondary N) is 1. The summed E-state index contributed by atoms with van der Waals surface area (Å²) < 4.78 is 14.8. The molecule has 2 N–H and O–H groups in total. The molecule has 6 heteroatoms. The SMILES string of the molecule is OC(CNC(c1ccc(F)cc1)C1CCCC1)Cn1ccnn1. The number of hydrogen-bond donors (Lipinski definition) is 2. The molecule has 0 saturated heterocycles. The van der Waals surface area contributed by atoms with Crippen LogP contribution in [0, 0.1) is 11.7 Å². The van der Waals surface area contributed by atoms with Crippen LogP contribution in [0.3, 0.4) is 0 Å². The fourth-order valence-electron chi connectivity index (χ4n) is 3.39. The summed E-state index contributed by atoms with van der Waals surface area (Å²) in [4.78, 5) is 0. The molecule has 3 rings (SSSR count). The first kappa shape index (κ1) is 16.1. The third-order valence-electron chi connectivity index (χ3n) is 4.54. The largest absolute Gasteiger partial charge is 0.390 e. The van der Waals surface area contributed by atoms with E-state index in [1.807, 2.05) is 12.1 Å². The van der Waals surface area contributed by atoms with Crippen molar-refractivity contribution in [3.05, 3.63) is 48.0 Å². The van der Waals surface area contributed by atoms with Crippen LogP contribution in [0.5, 0.6) is 0 Å². The molecular formula is C17H23FN4O. The number of nitrogens with zero attached hydrogens (tertiary/aromatic N) is 3. The number of rotatable bonds is 7. The quantitative estimate of drug-likeness (QED) is 0.822. The zero-order chi connectivity index (χ0) is 16.1. The van der Waals surface area contributed by atoms with E-state index >= 15 is 0 Å². The lowest BCUT2D eigenvalue weighted by Crippen LogP contribution is -2.35. The predicted octanol–water partition coefficient (Wildman–Crippen LogP) is 2.30. The Balaban J connectivity index is 1.62. The van der Waals surface area contributed by atoms with Gasteiger partial charge in [0.05, 0.1) is 18.8 Å². The standard InChI is InChI=1S/C17H23FN4O/c18-15-7-5-14(6-8-15)17(13-3-1-2-4-13)19-11-16(23)12-22-10-9-20-21-22/h5-10,13,16-17,19,23H,1-4,11-12H2. The van der Waals surface area contributed by atoms with Gasteiger partial charge in [0.1, 0.15) is 5.82 Å². The van der Waals surface area contributed by atoms with E-state index in [2.05, 4.69) is 15.6 Å². The topological polar surface area (TPSA) is 63.0 Å². The molecule has 1 aliphatic carbocycles. The van der Waals surface area contributed by atoms with Crippen LogP contribution in [-0.2, 0) is 6.54 Å². The number of aromatic nitrogens is 3. The Bertz CT molecular complexity index is 581. The Morgan fingerprint density at radius 2 is 2.00 bits per heavy atom. The highest BCUT2D eigenvalue weighted by atomic mass is 19.1. The molecule has 0 radical (unpaired) electrons. The van der Waals surface area contributed by atoms with E-state index in [0.29, 0.717) is 19.0 Å². The Morgan fingerprint density at radius 1 is 1.26 bits per heavy atom. The lowest BCUT2D eigenvalue weighted by atomic mass is 9.91. The minimum atomic E-state index is -0.541. The Labute approximate surface area is 135 Å². The summed E-state index contributed by atoms with van der Waals surface area (Å²) in [7, 11) is 0. The summed E-state index contributed by atoms with van der Waals surface area (Å²) in [6.45, 7) is 0.881. The number of benzene rings is 1. The minimum Gasteiger partial charge on any atom is -0.390 e. The molecule has 23 heavy (non-hydrogen) atoms. The molecule has 124 valence electrons. The summed E-state index contributed by atoms with van der Waals surface area (Å²) in [5.41, 5.74) is 1.09. The molecule has 2 aromatic rings. The maximum Gasteiger partial charge on any atom is 0.123 e. The molecular weight excluding hydrogens is 295 g/mol. The number of halogens is 1. The molecule has 1 aromatic carbocycles. The van der Waals surface area contributed by atoms with Gasteiger partial charge in [-0.3, -0.25) is 0 Å². The van der Waals surface area contributed by atoms with Crippen LogP contribution in [0.4, 0.5) is 4.39 Å². The van der Waals surface area contributed by atoms with Crippen LogP contribution in [0.25, 0.3) is 0 Å². The molecule has 1 fully saturated rings. The van der Waals surface area contributed by atoms with Crippen molar-refractivity contribution in [3.63, 3.8) is 0 Å². The Hall–Kier alpha value is -1.79. The van der Waals surface area contributed by atoms with E-state index in [-0.39, 0.29) is 11.9 Å². The van der Waals surface area contributed by atoms with Gasteiger partial charge in [-0.05, 0) is 36.5 Å². The zero-order valence-electron chi connectivity index (χ0n) is 13.1. The first-order chi connectivity index (χ1) is 11.2. The lowest BCUT2D eigenvalue weighted by Gasteiger charge is -2.26. The maximum absolute atomic E-state index is 13.2. The van der Waals surface area contributed by atoms with Gasteiger partial charge in [-0.1, -0.05) is 30.2 Å². The monoisotopic (exact) mass is 318 g/mol. The third-order valence-corrected chi connectivity index (χ3v) is 4.54. The van der Waals surface area contributed by atoms with Crippen molar-refractivity contribution in [1.29, 1.82) is 0 Å². The highest BCUT2D eigenvalue weighted by molar-refractivity contribution is 5.21. The van der Waals surface area contributed by atoms with Crippen molar-refractivity contribution in [2.75, 3.05) is 6.54 Å². The van der Waals surface area contributed by atoms with Crippen LogP contribution >= 0.6 is 0 Å². The summed E-state index contributed by atoms with van der Waals surface area (Å²) in [5, 5.41) is 21.3. The van der Waals surface area contributed by atoms with Gasteiger partial charge in [0.25, 0.3) is 0 Å². The molecule has 1 heterocycles. The molecule has 5 nitrogen and oxygen atoms in total. The number of hydrogen-bond acceptors (Lipinski definition) is 4. The number of aliphatic hydroxyl groups excluding tert-OH is 1. The predicted molar refractivity (Wildman–Crippen MR) is 85.1 cm³/mol. The molecule has 1 aromatic heterocycles. The summed E-state index contributed by atoms with van der Waals surface area (Å²) in [5.74, 6) is 0.323. The molecule has 2 atom stereocenters. The smallest absolute Gasteiger partial charge is 0.123 e. The highest BCUT2D eigenvalue weighted by Gasteiger charge is 2.26. The summed E-state index contributed by atoms with van der Waals surface area (Å²) in [6.07, 6.45) is 7.62. The normalized spacial score (nSPS) is 18.2. The molecule has 0 aliphatic heterocycles. The minimum absolute atomic E-state index is 0.156. The van der Waals surface area contributed by atoms with E-state index in [0.717, 1.165) is 5.56 Å². The van der Waals surface area contributed by atoms with E-state index in [4.69, 9.17) is 0 Å². The van der Waals surface area contributed by atoms with Gasteiger partial charge in [-0.2, -0.15) is 0 Å². The molecule has 0 amide bonds. The van der Waals surface area contributed by atoms with Crippen molar-refractivity contribution < 1.29 is 9.50 Å². The van der Waals surface area contributed by atoms with Crippen molar-refractivity contribution in [1.82, 2.24) is 20.3 Å². The fraction of sp³-hybridized carbons (Fsp3) is 0.529. The average Bonchev–Trinajstić information content (AvgIpc) is 3.23. The fourth-order valence-corrected chi connectivity index (χ4v) is 3.39. The van der Waals surface area contributed by atoms with Gasteiger partial charge in [0.2, 0.25) is 0 Å². The van der Waals surface area contributed by atoms with Gasteiger partial charge in [0.15, 0.2) is 0 Å². The second-order valence-corrected chi connectivity index (χ2v) is 6.26. The Morgan fingerprint density at radius 3 is 2.65 bits per heavy atom. The van der Waals surface area contributed by atoms with Crippen molar-refractivity contribution in [3.8, 4) is 0 Å². The number of aliphatic hydroxyl groups is 1. The second-order valence-electron chi connectivity index (χ2n) is 6.26. The van der Waals surface area contributed by atoms with Gasteiger partial charge < -0.3 is 10.4 Å². The average molecular weight is 318 g/mol. The first-order valence-corrected chi connectivity index (χ1v) is 8.23. The van der Waals surface area contributed by atoms with Crippen LogP contribution in [0.2, 0.25) is 0 Å². The van der Waals surface area contributed by atoms with Crippen molar-refractivity contribution in [2.24, 2.45) is 5.92 Å². The Kier molecular flexibility index (Phi) is 5.35. The molecule has 0 spiro atoms. The van der Waals surface area contributed by atoms with Gasteiger partial charge in [-0.25, -0.2) is 9.07 Å². The van der Waals surface area contributed by atoms with Crippen LogP contribution < -0.4 is 5.32 Å². The zero-order valence-corrected chi connectivity index (χ0v) is 13.1. The summed E-state index contributed by atoms with van der Waals surface area (Å²) >= 11 is 0. The maximum atomic E-state index is 13.2. The third kappa shape index (κ3) is 4.36. The van der Waals surface area contributed by atoms with Gasteiger partial charge >= 0.3 is 0 Å². The molecule has 1 saturated carbocycles. The second kappa shape index (κ2) is 7.66. The highest BCUT2D eigenvalue weighted by Crippen LogP contribution is 2.35. The van der Waals surface area contributed by atoms with Crippen molar-refractivity contribution in [2.45, 2.75) is 44.4 Å². The first-order valence-electron chi connectivity index (χ1n) is 8.23. The summed E-state index contributed by atoms with van der Waals surface area (Å²) in [6, 6.07) is 6.85. The van der Waals surface area contributed by atoms with Crippen LogP contribution in [0.15, 0.2) is 36.7 Å². The molecule has 1 aliphatic rings. The van der Waals surface area contributed by atoms with Crippen molar-refractivity contribution >= 4 is 0 Å². The van der Waals surface area contributed by atoms with Crippen LogP contribution in [0.1, 0.15) is 37.3 Å². The lowest BCUT2D eigenvalue weighted by molar-refractivity contribution is 0.137. The van der Waals surface area contributed by atoms with Gasteiger partial charge in [0, 0.05) is 18.8 Å².